The first-order valence-electron chi connectivity index (χ1n) is 14.3. The summed E-state index contributed by atoms with van der Waals surface area (Å²) in [5.74, 6) is -1.75. The standard InChI is InChI=1S/C30H36F3N5O4S/c1-43-21-13-10-18(11-14-21)27(40)37-25-9-5-4-8-24(25)36-26(39)17-34-28(41)22-16-19(30(31,32)33)12-15-23(22)38-29(42)35-20-6-2-3-7-20/h10-16,20,24-25H,2-9,17H2,1H3,(H,34,41)(H,36,39)(H,37,40)(H2,35,38,42). The molecule has 0 aliphatic heterocycles. The largest absolute Gasteiger partial charge is 0.416 e. The van der Waals surface area contributed by atoms with Crippen LogP contribution in [0.15, 0.2) is 47.4 Å². The minimum absolute atomic E-state index is 0.0375. The van der Waals surface area contributed by atoms with E-state index in [0.717, 1.165) is 55.6 Å². The van der Waals surface area contributed by atoms with E-state index in [9.17, 15) is 32.3 Å². The number of carbonyl (C=O) groups is 4. The predicted molar refractivity (Wildman–Crippen MR) is 158 cm³/mol. The third-order valence-corrected chi connectivity index (χ3v) is 8.46. The van der Waals surface area contributed by atoms with Gasteiger partial charge in [-0.3, -0.25) is 14.4 Å². The lowest BCUT2D eigenvalue weighted by Gasteiger charge is -2.33. The fourth-order valence-electron chi connectivity index (χ4n) is 5.42. The molecule has 0 heterocycles. The molecular weight excluding hydrogens is 583 g/mol. The lowest BCUT2D eigenvalue weighted by atomic mass is 9.90. The normalized spacial score (nSPS) is 18.9. The van der Waals surface area contributed by atoms with Crippen LogP contribution in [0.1, 0.15) is 77.6 Å². The van der Waals surface area contributed by atoms with Gasteiger partial charge < -0.3 is 26.6 Å². The van der Waals surface area contributed by atoms with Crippen LogP contribution in [0.4, 0.5) is 23.7 Å². The van der Waals surface area contributed by atoms with Crippen molar-refractivity contribution in [1.29, 1.82) is 0 Å². The first kappa shape index (κ1) is 32.2. The molecule has 0 bridgehead atoms. The molecule has 2 aliphatic carbocycles. The first-order chi connectivity index (χ1) is 20.5. The van der Waals surface area contributed by atoms with Crippen LogP contribution in [-0.2, 0) is 11.0 Å². The molecule has 0 spiro atoms. The van der Waals surface area contributed by atoms with Crippen molar-refractivity contribution in [2.75, 3.05) is 18.1 Å². The molecule has 2 aliphatic rings. The first-order valence-corrected chi connectivity index (χ1v) is 15.6. The molecule has 2 fully saturated rings. The Hall–Kier alpha value is -3.74. The van der Waals surface area contributed by atoms with Gasteiger partial charge in [0.2, 0.25) is 5.91 Å². The van der Waals surface area contributed by atoms with Gasteiger partial charge in [0.15, 0.2) is 0 Å². The molecule has 2 saturated carbocycles. The Morgan fingerprint density at radius 2 is 1.44 bits per heavy atom. The number of halogens is 3. The average molecular weight is 620 g/mol. The van der Waals surface area contributed by atoms with Gasteiger partial charge in [0.25, 0.3) is 11.8 Å². The third kappa shape index (κ3) is 9.12. The van der Waals surface area contributed by atoms with Gasteiger partial charge in [-0.1, -0.05) is 25.7 Å². The number of alkyl halides is 3. The topological polar surface area (TPSA) is 128 Å². The summed E-state index contributed by atoms with van der Waals surface area (Å²) in [5.41, 5.74) is -1.09. The zero-order valence-corrected chi connectivity index (χ0v) is 24.6. The van der Waals surface area contributed by atoms with Crippen LogP contribution < -0.4 is 26.6 Å². The summed E-state index contributed by atoms with van der Waals surface area (Å²) >= 11 is 1.57. The Bertz CT molecular complexity index is 1320. The van der Waals surface area contributed by atoms with Gasteiger partial charge in [0.05, 0.1) is 23.4 Å². The number of anilines is 1. The highest BCUT2D eigenvalue weighted by atomic mass is 32.2. The molecule has 4 rings (SSSR count). The predicted octanol–water partition coefficient (Wildman–Crippen LogP) is 5.08. The molecule has 2 unspecified atom stereocenters. The maximum Gasteiger partial charge on any atom is 0.416 e. The van der Waals surface area contributed by atoms with Crippen LogP contribution in [0.5, 0.6) is 0 Å². The molecule has 13 heteroatoms. The van der Waals surface area contributed by atoms with E-state index in [0.29, 0.717) is 24.5 Å². The molecule has 0 radical (unpaired) electrons. The van der Waals surface area contributed by atoms with Crippen molar-refractivity contribution in [3.05, 3.63) is 59.2 Å². The van der Waals surface area contributed by atoms with E-state index in [4.69, 9.17) is 0 Å². The molecule has 5 N–H and O–H groups in total. The SMILES string of the molecule is CSc1ccc(C(=O)NC2CCCCC2NC(=O)CNC(=O)c2cc(C(F)(F)F)ccc2NC(=O)NC2CCCC2)cc1. The number of hydrogen-bond acceptors (Lipinski definition) is 5. The van der Waals surface area contributed by atoms with Gasteiger partial charge >= 0.3 is 12.2 Å². The number of urea groups is 1. The van der Waals surface area contributed by atoms with Crippen LogP contribution in [0.25, 0.3) is 0 Å². The van der Waals surface area contributed by atoms with E-state index in [1.54, 1.807) is 23.9 Å². The Morgan fingerprint density at radius 3 is 2.07 bits per heavy atom. The van der Waals surface area contributed by atoms with Gasteiger partial charge in [0, 0.05) is 28.6 Å². The molecule has 2 aromatic carbocycles. The van der Waals surface area contributed by atoms with Crippen molar-refractivity contribution in [2.24, 2.45) is 0 Å². The molecule has 9 nitrogen and oxygen atoms in total. The van der Waals surface area contributed by atoms with E-state index < -0.39 is 41.7 Å². The molecule has 5 amide bonds. The van der Waals surface area contributed by atoms with E-state index >= 15 is 0 Å². The Morgan fingerprint density at radius 1 is 0.814 bits per heavy atom. The smallest absolute Gasteiger partial charge is 0.350 e. The second-order valence-corrected chi connectivity index (χ2v) is 11.7. The summed E-state index contributed by atoms with van der Waals surface area (Å²) < 4.78 is 40.2. The minimum Gasteiger partial charge on any atom is -0.350 e. The van der Waals surface area contributed by atoms with Crippen LogP contribution in [-0.4, -0.2) is 54.7 Å². The molecule has 2 atom stereocenters. The summed E-state index contributed by atoms with van der Waals surface area (Å²) in [7, 11) is 0. The Labute approximate surface area is 252 Å². The van der Waals surface area contributed by atoms with E-state index in [2.05, 4.69) is 26.6 Å². The summed E-state index contributed by atoms with van der Waals surface area (Å²) in [6.45, 7) is -0.504. The zero-order chi connectivity index (χ0) is 31.0. The number of thioether (sulfide) groups is 1. The monoisotopic (exact) mass is 619 g/mol. The highest BCUT2D eigenvalue weighted by Gasteiger charge is 2.33. The van der Waals surface area contributed by atoms with Crippen molar-refractivity contribution in [1.82, 2.24) is 21.3 Å². The average Bonchev–Trinajstić information content (AvgIpc) is 3.49. The quantitative estimate of drug-likeness (QED) is 0.250. The number of nitrogens with one attached hydrogen (secondary N) is 5. The number of amides is 5. The summed E-state index contributed by atoms with van der Waals surface area (Å²) in [5, 5.41) is 13.4. The summed E-state index contributed by atoms with van der Waals surface area (Å²) in [4.78, 5) is 52.1. The van der Waals surface area contributed by atoms with E-state index in [1.807, 2.05) is 18.4 Å². The van der Waals surface area contributed by atoms with E-state index in [1.165, 1.54) is 0 Å². The maximum atomic E-state index is 13.4. The number of rotatable bonds is 9. The summed E-state index contributed by atoms with van der Waals surface area (Å²) in [6.07, 6.45) is 3.78. The molecule has 0 aromatic heterocycles. The number of hydrogen-bond donors (Lipinski definition) is 5. The lowest BCUT2D eigenvalue weighted by molar-refractivity contribution is -0.137. The number of benzene rings is 2. The minimum atomic E-state index is -4.71. The molecule has 43 heavy (non-hydrogen) atoms. The van der Waals surface area contributed by atoms with Gasteiger partial charge in [-0.05, 0) is 74.4 Å². The molecule has 232 valence electrons. The molecular formula is C30H36F3N5O4S. The molecule has 0 saturated heterocycles. The van der Waals surface area contributed by atoms with Crippen molar-refractivity contribution < 1.29 is 32.3 Å². The van der Waals surface area contributed by atoms with Crippen LogP contribution in [0.3, 0.4) is 0 Å². The van der Waals surface area contributed by atoms with Gasteiger partial charge in [-0.25, -0.2) is 4.79 Å². The van der Waals surface area contributed by atoms with Crippen LogP contribution >= 0.6 is 11.8 Å². The Balaban J connectivity index is 1.37. The van der Waals surface area contributed by atoms with Gasteiger partial charge in [-0.15, -0.1) is 11.8 Å². The van der Waals surface area contributed by atoms with Crippen LogP contribution in [0.2, 0.25) is 0 Å². The van der Waals surface area contributed by atoms with E-state index in [-0.39, 0.29) is 29.7 Å². The van der Waals surface area contributed by atoms with Gasteiger partial charge in [-0.2, -0.15) is 13.2 Å². The van der Waals surface area contributed by atoms with Crippen LogP contribution in [0, 0.1) is 0 Å². The highest BCUT2D eigenvalue weighted by molar-refractivity contribution is 7.98. The fraction of sp³-hybridized carbons (Fsp3) is 0.467. The van der Waals surface area contributed by atoms with Crippen molar-refractivity contribution in [3.63, 3.8) is 0 Å². The zero-order valence-electron chi connectivity index (χ0n) is 23.8. The second-order valence-electron chi connectivity index (χ2n) is 10.8. The second kappa shape index (κ2) is 14.6. The van der Waals surface area contributed by atoms with Crippen molar-refractivity contribution in [2.45, 2.75) is 80.6 Å². The maximum absolute atomic E-state index is 13.4. The van der Waals surface area contributed by atoms with Crippen molar-refractivity contribution in [3.8, 4) is 0 Å². The Kier molecular flexibility index (Phi) is 10.9. The third-order valence-electron chi connectivity index (χ3n) is 7.72. The lowest BCUT2D eigenvalue weighted by Crippen LogP contribution is -2.54. The summed E-state index contributed by atoms with van der Waals surface area (Å²) in [6, 6.07) is 8.29. The highest BCUT2D eigenvalue weighted by Crippen LogP contribution is 2.32. The molecule has 2 aromatic rings. The fourth-order valence-corrected chi connectivity index (χ4v) is 5.82. The number of carbonyl (C=O) groups excluding carboxylic acids is 4. The van der Waals surface area contributed by atoms with Gasteiger partial charge in [0.1, 0.15) is 0 Å². The van der Waals surface area contributed by atoms with Crippen molar-refractivity contribution >= 4 is 41.2 Å².